The van der Waals surface area contributed by atoms with Crippen LogP contribution in [0.2, 0.25) is 0 Å². The zero-order valence-corrected chi connectivity index (χ0v) is 10.8. The number of hydrogen-bond donors (Lipinski definition) is 1. The Bertz CT molecular complexity index is 413. The lowest BCUT2D eigenvalue weighted by Crippen LogP contribution is -2.23. The minimum atomic E-state index is 0.331. The van der Waals surface area contributed by atoms with Crippen molar-refractivity contribution < 1.29 is 0 Å². The third-order valence-corrected chi connectivity index (χ3v) is 3.42. The molecule has 0 fully saturated rings. The Balaban J connectivity index is 2.06. The van der Waals surface area contributed by atoms with Gasteiger partial charge in [-0.2, -0.15) is 0 Å². The summed E-state index contributed by atoms with van der Waals surface area (Å²) >= 11 is 1.48. The monoisotopic (exact) mass is 247 g/mol. The van der Waals surface area contributed by atoms with Gasteiger partial charge in [0.2, 0.25) is 0 Å². The summed E-state index contributed by atoms with van der Waals surface area (Å²) < 4.78 is 3.94. The Morgan fingerprint density at radius 2 is 2.12 bits per heavy atom. The van der Waals surface area contributed by atoms with Gasteiger partial charge in [-0.3, -0.25) is 0 Å². The van der Waals surface area contributed by atoms with Gasteiger partial charge in [-0.05, 0) is 36.5 Å². The van der Waals surface area contributed by atoms with Crippen molar-refractivity contribution in [3.8, 4) is 0 Å². The zero-order valence-electron chi connectivity index (χ0n) is 9.97. The van der Waals surface area contributed by atoms with Gasteiger partial charge in [-0.25, -0.2) is 0 Å². The van der Waals surface area contributed by atoms with E-state index in [-0.39, 0.29) is 0 Å². The van der Waals surface area contributed by atoms with Gasteiger partial charge < -0.3 is 5.32 Å². The molecule has 2 rings (SSSR count). The van der Waals surface area contributed by atoms with E-state index in [1.54, 1.807) is 0 Å². The second-order valence-electron chi connectivity index (χ2n) is 4.02. The van der Waals surface area contributed by atoms with Crippen LogP contribution in [0, 0.1) is 0 Å². The highest BCUT2D eigenvalue weighted by Gasteiger charge is 2.13. The molecule has 0 spiro atoms. The van der Waals surface area contributed by atoms with Crippen molar-refractivity contribution in [3.63, 3.8) is 0 Å². The normalized spacial score (nSPS) is 12.5. The van der Waals surface area contributed by atoms with Gasteiger partial charge in [0.15, 0.2) is 0 Å². The minimum absolute atomic E-state index is 0.331. The lowest BCUT2D eigenvalue weighted by Gasteiger charge is -2.16. The summed E-state index contributed by atoms with van der Waals surface area (Å²) in [6, 6.07) is 10.9. The van der Waals surface area contributed by atoms with Crippen molar-refractivity contribution in [2.45, 2.75) is 25.8 Å². The number of aromatic nitrogens is 2. The average molecular weight is 247 g/mol. The van der Waals surface area contributed by atoms with Crippen molar-refractivity contribution in [1.82, 2.24) is 14.9 Å². The largest absolute Gasteiger partial charge is 0.309 e. The molecule has 1 heterocycles. The highest BCUT2D eigenvalue weighted by Crippen LogP contribution is 2.20. The van der Waals surface area contributed by atoms with Gasteiger partial charge in [-0.1, -0.05) is 41.7 Å². The van der Waals surface area contributed by atoms with E-state index in [0.29, 0.717) is 6.04 Å². The fourth-order valence-corrected chi connectivity index (χ4v) is 2.35. The number of rotatable bonds is 6. The molecule has 17 heavy (non-hydrogen) atoms. The molecule has 0 bridgehead atoms. The molecule has 0 saturated carbocycles. The van der Waals surface area contributed by atoms with Crippen LogP contribution >= 0.6 is 11.5 Å². The van der Waals surface area contributed by atoms with Gasteiger partial charge in [-0.15, -0.1) is 5.10 Å². The van der Waals surface area contributed by atoms with Gasteiger partial charge in [0.25, 0.3) is 0 Å². The van der Waals surface area contributed by atoms with Crippen LogP contribution in [0.15, 0.2) is 36.5 Å². The lowest BCUT2D eigenvalue weighted by atomic mass is 10.1. The Hall–Kier alpha value is -1.26. The van der Waals surface area contributed by atoms with E-state index in [4.69, 9.17) is 0 Å². The number of nitrogens with one attached hydrogen (secondary N) is 1. The standard InChI is InChI=1S/C13H17N3S/c1-2-8-14-12(13-10-15-16-17-13)9-11-6-4-3-5-7-11/h3-7,10,12,14H,2,8-9H2,1H3. The van der Waals surface area contributed by atoms with E-state index < -0.39 is 0 Å². The Morgan fingerprint density at radius 1 is 1.29 bits per heavy atom. The first-order valence-corrected chi connectivity index (χ1v) is 6.72. The first kappa shape index (κ1) is 12.2. The average Bonchev–Trinajstić information content (AvgIpc) is 2.89. The van der Waals surface area contributed by atoms with Crippen molar-refractivity contribution >= 4 is 11.5 Å². The molecule has 0 aliphatic carbocycles. The van der Waals surface area contributed by atoms with Crippen LogP contribution in [0.3, 0.4) is 0 Å². The number of nitrogens with zero attached hydrogens (tertiary/aromatic N) is 2. The maximum absolute atomic E-state index is 3.94. The maximum atomic E-state index is 3.94. The van der Waals surface area contributed by atoms with Crippen LogP contribution in [0.1, 0.15) is 29.8 Å². The maximum Gasteiger partial charge on any atom is 0.0669 e. The van der Waals surface area contributed by atoms with Gasteiger partial charge in [0.1, 0.15) is 0 Å². The minimum Gasteiger partial charge on any atom is -0.309 e. The van der Waals surface area contributed by atoms with E-state index >= 15 is 0 Å². The van der Waals surface area contributed by atoms with Gasteiger partial charge >= 0.3 is 0 Å². The molecule has 1 atom stereocenters. The molecule has 1 N–H and O–H groups in total. The molecular formula is C13H17N3S. The van der Waals surface area contributed by atoms with Crippen LogP contribution in [0.25, 0.3) is 0 Å². The summed E-state index contributed by atoms with van der Waals surface area (Å²) in [6.45, 7) is 3.20. The van der Waals surface area contributed by atoms with E-state index in [1.807, 2.05) is 12.3 Å². The Morgan fingerprint density at radius 3 is 2.76 bits per heavy atom. The highest BCUT2D eigenvalue weighted by atomic mass is 32.1. The van der Waals surface area contributed by atoms with Crippen LogP contribution in [0.4, 0.5) is 0 Å². The molecule has 0 amide bonds. The predicted octanol–water partition coefficient (Wildman–Crippen LogP) is 2.82. The Labute approximate surface area is 106 Å². The fraction of sp³-hybridized carbons (Fsp3) is 0.385. The summed E-state index contributed by atoms with van der Waals surface area (Å²) in [5.41, 5.74) is 1.34. The van der Waals surface area contributed by atoms with Gasteiger partial charge in [0, 0.05) is 6.04 Å². The van der Waals surface area contributed by atoms with Gasteiger partial charge in [0.05, 0.1) is 11.1 Å². The molecule has 0 aliphatic rings. The number of hydrogen-bond acceptors (Lipinski definition) is 4. The molecule has 0 aliphatic heterocycles. The van der Waals surface area contributed by atoms with Crippen molar-refractivity contribution in [2.24, 2.45) is 0 Å². The second-order valence-corrected chi connectivity index (χ2v) is 4.83. The molecule has 1 aromatic carbocycles. The van der Waals surface area contributed by atoms with Crippen molar-refractivity contribution in [3.05, 3.63) is 47.0 Å². The quantitative estimate of drug-likeness (QED) is 0.853. The highest BCUT2D eigenvalue weighted by molar-refractivity contribution is 7.05. The third-order valence-electron chi connectivity index (χ3n) is 2.65. The topological polar surface area (TPSA) is 37.8 Å². The molecule has 1 unspecified atom stereocenters. The van der Waals surface area contributed by atoms with Crippen molar-refractivity contribution in [1.29, 1.82) is 0 Å². The zero-order chi connectivity index (χ0) is 11.9. The van der Waals surface area contributed by atoms with E-state index in [0.717, 1.165) is 19.4 Å². The summed E-state index contributed by atoms with van der Waals surface area (Å²) in [7, 11) is 0. The summed E-state index contributed by atoms with van der Waals surface area (Å²) in [5.74, 6) is 0. The summed E-state index contributed by atoms with van der Waals surface area (Å²) in [4.78, 5) is 1.21. The number of benzene rings is 1. The predicted molar refractivity (Wildman–Crippen MR) is 71.1 cm³/mol. The smallest absolute Gasteiger partial charge is 0.0669 e. The van der Waals surface area contributed by atoms with Crippen LogP contribution in [-0.4, -0.2) is 16.1 Å². The SMILES string of the molecule is CCCNC(Cc1ccccc1)c1cnns1. The molecule has 4 heteroatoms. The van der Waals surface area contributed by atoms with E-state index in [2.05, 4.69) is 46.1 Å². The molecule has 2 aromatic rings. The second kappa shape index (κ2) is 6.47. The molecule has 90 valence electrons. The summed E-state index contributed by atoms with van der Waals surface area (Å²) in [6.07, 6.45) is 3.99. The van der Waals surface area contributed by atoms with E-state index in [9.17, 15) is 0 Å². The third kappa shape index (κ3) is 3.61. The first-order valence-electron chi connectivity index (χ1n) is 5.94. The molecule has 1 aromatic heterocycles. The molecular weight excluding hydrogens is 230 g/mol. The molecule has 0 radical (unpaired) electrons. The summed E-state index contributed by atoms with van der Waals surface area (Å²) in [5, 5.41) is 7.47. The first-order chi connectivity index (χ1) is 8.40. The Kier molecular flexibility index (Phi) is 4.64. The molecule has 3 nitrogen and oxygen atoms in total. The van der Waals surface area contributed by atoms with Crippen LogP contribution in [0.5, 0.6) is 0 Å². The van der Waals surface area contributed by atoms with Crippen molar-refractivity contribution in [2.75, 3.05) is 6.54 Å². The molecule has 0 saturated heterocycles. The van der Waals surface area contributed by atoms with Crippen LogP contribution < -0.4 is 5.32 Å². The fourth-order valence-electron chi connectivity index (χ4n) is 1.77. The lowest BCUT2D eigenvalue weighted by molar-refractivity contribution is 0.536. The van der Waals surface area contributed by atoms with Crippen LogP contribution in [-0.2, 0) is 6.42 Å². The van der Waals surface area contributed by atoms with E-state index in [1.165, 1.54) is 22.0 Å².